The zero-order valence-electron chi connectivity index (χ0n) is 8.19. The van der Waals surface area contributed by atoms with E-state index in [2.05, 4.69) is 0 Å². The SMILES string of the molecule is CCCOC(=O)Cc1ccccc1O. The van der Waals surface area contributed by atoms with Crippen LogP contribution in [-0.4, -0.2) is 17.7 Å². The first-order valence-electron chi connectivity index (χ1n) is 4.66. The largest absolute Gasteiger partial charge is 0.508 e. The van der Waals surface area contributed by atoms with E-state index in [0.29, 0.717) is 12.2 Å². The monoisotopic (exact) mass is 194 g/mol. The Balaban J connectivity index is 2.52. The minimum atomic E-state index is -0.298. The van der Waals surface area contributed by atoms with E-state index in [1.807, 2.05) is 6.92 Å². The van der Waals surface area contributed by atoms with Crippen molar-refractivity contribution in [1.29, 1.82) is 0 Å². The number of esters is 1. The van der Waals surface area contributed by atoms with Crippen LogP contribution < -0.4 is 0 Å². The topological polar surface area (TPSA) is 46.5 Å². The molecular formula is C11H14O3. The van der Waals surface area contributed by atoms with Crippen molar-refractivity contribution >= 4 is 5.97 Å². The van der Waals surface area contributed by atoms with Gasteiger partial charge in [-0.1, -0.05) is 25.1 Å². The van der Waals surface area contributed by atoms with Crippen LogP contribution in [0.5, 0.6) is 5.75 Å². The lowest BCUT2D eigenvalue weighted by atomic mass is 10.1. The minimum absolute atomic E-state index is 0.132. The molecule has 0 spiro atoms. The number of rotatable bonds is 4. The quantitative estimate of drug-likeness (QED) is 0.744. The van der Waals surface area contributed by atoms with Gasteiger partial charge in [0.25, 0.3) is 0 Å². The fraction of sp³-hybridized carbons (Fsp3) is 0.364. The Hall–Kier alpha value is -1.51. The highest BCUT2D eigenvalue weighted by atomic mass is 16.5. The first-order valence-corrected chi connectivity index (χ1v) is 4.66. The molecule has 0 saturated carbocycles. The minimum Gasteiger partial charge on any atom is -0.508 e. The van der Waals surface area contributed by atoms with E-state index < -0.39 is 0 Å². The molecule has 3 heteroatoms. The van der Waals surface area contributed by atoms with E-state index in [4.69, 9.17) is 4.74 Å². The number of hydrogen-bond acceptors (Lipinski definition) is 3. The van der Waals surface area contributed by atoms with Crippen LogP contribution in [0.15, 0.2) is 24.3 Å². The van der Waals surface area contributed by atoms with Crippen LogP contribution in [0, 0.1) is 0 Å². The van der Waals surface area contributed by atoms with Crippen LogP contribution in [0.3, 0.4) is 0 Å². The third-order valence-corrected chi connectivity index (χ3v) is 1.79. The molecule has 0 fully saturated rings. The van der Waals surface area contributed by atoms with Crippen molar-refractivity contribution in [2.45, 2.75) is 19.8 Å². The molecular weight excluding hydrogens is 180 g/mol. The summed E-state index contributed by atoms with van der Waals surface area (Å²) in [5.74, 6) is -0.158. The Morgan fingerprint density at radius 3 is 2.79 bits per heavy atom. The smallest absolute Gasteiger partial charge is 0.310 e. The van der Waals surface area contributed by atoms with Crippen molar-refractivity contribution in [3.63, 3.8) is 0 Å². The van der Waals surface area contributed by atoms with Gasteiger partial charge in [-0.25, -0.2) is 0 Å². The summed E-state index contributed by atoms with van der Waals surface area (Å²) in [4.78, 5) is 11.2. The van der Waals surface area contributed by atoms with Crippen molar-refractivity contribution in [1.82, 2.24) is 0 Å². The second-order valence-electron chi connectivity index (χ2n) is 3.03. The number of benzene rings is 1. The first kappa shape index (κ1) is 10.6. The molecule has 0 amide bonds. The predicted octanol–water partition coefficient (Wildman–Crippen LogP) is 1.89. The van der Waals surface area contributed by atoms with Gasteiger partial charge in [0.2, 0.25) is 0 Å². The van der Waals surface area contributed by atoms with Gasteiger partial charge in [-0.3, -0.25) is 4.79 Å². The van der Waals surface area contributed by atoms with E-state index in [9.17, 15) is 9.90 Å². The fourth-order valence-corrected chi connectivity index (χ4v) is 1.08. The van der Waals surface area contributed by atoms with Crippen LogP contribution in [0.1, 0.15) is 18.9 Å². The third-order valence-electron chi connectivity index (χ3n) is 1.79. The molecule has 3 nitrogen and oxygen atoms in total. The Bertz CT molecular complexity index is 307. The fourth-order valence-electron chi connectivity index (χ4n) is 1.08. The standard InChI is InChI=1S/C11H14O3/c1-2-7-14-11(13)8-9-5-3-4-6-10(9)12/h3-6,12H,2,7-8H2,1H3. The van der Waals surface area contributed by atoms with E-state index in [1.54, 1.807) is 24.3 Å². The van der Waals surface area contributed by atoms with E-state index in [-0.39, 0.29) is 18.1 Å². The molecule has 1 N–H and O–H groups in total. The number of phenolic OH excluding ortho intramolecular Hbond substituents is 1. The van der Waals surface area contributed by atoms with Crippen LogP contribution in [0.25, 0.3) is 0 Å². The molecule has 76 valence electrons. The summed E-state index contributed by atoms with van der Waals surface area (Å²) in [6.45, 7) is 2.37. The summed E-state index contributed by atoms with van der Waals surface area (Å²) in [5, 5.41) is 9.38. The highest BCUT2D eigenvalue weighted by Crippen LogP contribution is 2.16. The first-order chi connectivity index (χ1) is 6.74. The van der Waals surface area contributed by atoms with Gasteiger partial charge in [0.15, 0.2) is 0 Å². The zero-order valence-corrected chi connectivity index (χ0v) is 8.19. The number of aromatic hydroxyl groups is 1. The van der Waals surface area contributed by atoms with Crippen molar-refractivity contribution in [2.75, 3.05) is 6.61 Å². The second-order valence-corrected chi connectivity index (χ2v) is 3.03. The molecule has 0 saturated heterocycles. The van der Waals surface area contributed by atoms with Crippen LogP contribution in [0.2, 0.25) is 0 Å². The molecule has 0 aliphatic rings. The van der Waals surface area contributed by atoms with Crippen LogP contribution in [0.4, 0.5) is 0 Å². The normalized spacial score (nSPS) is 9.79. The molecule has 14 heavy (non-hydrogen) atoms. The van der Waals surface area contributed by atoms with E-state index in [1.165, 1.54) is 0 Å². The average Bonchev–Trinajstić information content (AvgIpc) is 2.18. The highest BCUT2D eigenvalue weighted by Gasteiger charge is 2.07. The van der Waals surface area contributed by atoms with Gasteiger partial charge < -0.3 is 9.84 Å². The Morgan fingerprint density at radius 1 is 1.43 bits per heavy atom. The maximum atomic E-state index is 11.2. The number of carbonyl (C=O) groups is 1. The number of para-hydroxylation sites is 1. The summed E-state index contributed by atoms with van der Waals surface area (Å²) in [6, 6.07) is 6.77. The highest BCUT2D eigenvalue weighted by molar-refractivity contribution is 5.73. The van der Waals surface area contributed by atoms with E-state index >= 15 is 0 Å². The number of ether oxygens (including phenoxy) is 1. The summed E-state index contributed by atoms with van der Waals surface area (Å²) < 4.78 is 4.90. The molecule has 0 unspecified atom stereocenters. The number of hydrogen-bond donors (Lipinski definition) is 1. The Kier molecular flexibility index (Phi) is 3.98. The zero-order chi connectivity index (χ0) is 10.4. The Labute approximate surface area is 83.3 Å². The van der Waals surface area contributed by atoms with Crippen molar-refractivity contribution < 1.29 is 14.6 Å². The van der Waals surface area contributed by atoms with E-state index in [0.717, 1.165) is 6.42 Å². The van der Waals surface area contributed by atoms with Gasteiger partial charge in [0, 0.05) is 5.56 Å². The van der Waals surface area contributed by atoms with Gasteiger partial charge in [0.05, 0.1) is 13.0 Å². The molecule has 0 bridgehead atoms. The molecule has 1 aromatic carbocycles. The lowest BCUT2D eigenvalue weighted by Gasteiger charge is -2.04. The molecule has 0 radical (unpaired) electrons. The molecule has 0 heterocycles. The molecule has 1 aromatic rings. The van der Waals surface area contributed by atoms with Gasteiger partial charge in [0.1, 0.15) is 5.75 Å². The lowest BCUT2D eigenvalue weighted by Crippen LogP contribution is -2.08. The van der Waals surface area contributed by atoms with Crippen molar-refractivity contribution in [3.05, 3.63) is 29.8 Å². The maximum Gasteiger partial charge on any atom is 0.310 e. The van der Waals surface area contributed by atoms with Crippen molar-refractivity contribution in [3.8, 4) is 5.75 Å². The van der Waals surface area contributed by atoms with Gasteiger partial charge in [-0.15, -0.1) is 0 Å². The molecule has 0 aliphatic heterocycles. The predicted molar refractivity (Wildman–Crippen MR) is 53.1 cm³/mol. The summed E-state index contributed by atoms with van der Waals surface area (Å²) >= 11 is 0. The molecule has 0 aliphatic carbocycles. The van der Waals surface area contributed by atoms with Crippen LogP contribution >= 0.6 is 0 Å². The molecule has 0 aromatic heterocycles. The molecule has 1 rings (SSSR count). The summed E-state index contributed by atoms with van der Waals surface area (Å²) in [5.41, 5.74) is 0.605. The number of carbonyl (C=O) groups excluding carboxylic acids is 1. The summed E-state index contributed by atoms with van der Waals surface area (Å²) in [6.07, 6.45) is 0.944. The molecule has 0 atom stereocenters. The Morgan fingerprint density at radius 2 is 2.14 bits per heavy atom. The van der Waals surface area contributed by atoms with Gasteiger partial charge in [-0.05, 0) is 12.5 Å². The maximum absolute atomic E-state index is 11.2. The average molecular weight is 194 g/mol. The number of phenols is 1. The second kappa shape index (κ2) is 5.27. The van der Waals surface area contributed by atoms with Gasteiger partial charge in [-0.2, -0.15) is 0 Å². The van der Waals surface area contributed by atoms with Gasteiger partial charge >= 0.3 is 5.97 Å². The van der Waals surface area contributed by atoms with Crippen LogP contribution in [-0.2, 0) is 16.0 Å². The lowest BCUT2D eigenvalue weighted by molar-refractivity contribution is -0.142. The third kappa shape index (κ3) is 3.09. The van der Waals surface area contributed by atoms with Crippen molar-refractivity contribution in [2.24, 2.45) is 0 Å². The summed E-state index contributed by atoms with van der Waals surface area (Å²) in [7, 11) is 0.